The number of carbonyl (C=O) groups is 1. The van der Waals surface area contributed by atoms with Gasteiger partial charge in [0.15, 0.2) is 5.58 Å². The normalized spacial score (nSPS) is 10.2. The maximum Gasteiger partial charge on any atom is 0.420 e. The molecule has 3 N–H and O–H groups in total. The van der Waals surface area contributed by atoms with Crippen molar-refractivity contribution in [1.82, 2.24) is 9.88 Å². The second-order valence-electron chi connectivity index (χ2n) is 3.62. The van der Waals surface area contributed by atoms with E-state index in [1.165, 1.54) is 10.6 Å². The first-order valence-corrected chi connectivity index (χ1v) is 5.14. The first kappa shape index (κ1) is 11.7. The molecule has 92 valence electrons. The molecule has 0 aliphatic carbocycles. The van der Waals surface area contributed by atoms with E-state index in [1.54, 1.807) is 18.2 Å². The Morgan fingerprint density at radius 3 is 3.06 bits per heavy atom. The lowest BCUT2D eigenvalue weighted by atomic mass is 10.3. The molecule has 18 heavy (non-hydrogen) atoms. The van der Waals surface area contributed by atoms with Crippen LogP contribution in [0.1, 0.15) is 0 Å². The van der Waals surface area contributed by atoms with Gasteiger partial charge in [0.1, 0.15) is 13.1 Å². The van der Waals surface area contributed by atoms with Crippen LogP contribution in [0.4, 0.5) is 5.69 Å². The lowest BCUT2D eigenvalue weighted by molar-refractivity contribution is -0.121. The second kappa shape index (κ2) is 4.63. The number of amides is 1. The van der Waals surface area contributed by atoms with Crippen LogP contribution in [0.25, 0.3) is 11.1 Å². The highest BCUT2D eigenvalue weighted by Crippen LogP contribution is 2.15. The molecule has 1 amide bonds. The van der Waals surface area contributed by atoms with Gasteiger partial charge in [-0.15, -0.1) is 0 Å². The van der Waals surface area contributed by atoms with Crippen LogP contribution in [0, 0.1) is 11.3 Å². The molecule has 7 heteroatoms. The fourth-order valence-corrected chi connectivity index (χ4v) is 1.57. The number of nitrogens with two attached hydrogens (primary N) is 1. The number of nitrogens with zero attached hydrogens (tertiary/aromatic N) is 2. The number of hydrogen-bond acceptors (Lipinski definition) is 5. The topological polar surface area (TPSA) is 114 Å². The number of benzene rings is 1. The van der Waals surface area contributed by atoms with Gasteiger partial charge in [-0.05, 0) is 12.1 Å². The smallest absolute Gasteiger partial charge is 0.408 e. The van der Waals surface area contributed by atoms with E-state index in [1.807, 2.05) is 0 Å². The molecular formula is C11H10N4O3. The quantitative estimate of drug-likeness (QED) is 0.575. The van der Waals surface area contributed by atoms with Crippen molar-refractivity contribution < 1.29 is 9.21 Å². The van der Waals surface area contributed by atoms with E-state index >= 15 is 0 Å². The van der Waals surface area contributed by atoms with Crippen molar-refractivity contribution in [3.63, 3.8) is 0 Å². The maximum atomic E-state index is 11.6. The molecule has 0 bridgehead atoms. The van der Waals surface area contributed by atoms with E-state index in [4.69, 9.17) is 15.4 Å². The van der Waals surface area contributed by atoms with Crippen molar-refractivity contribution in [2.45, 2.75) is 6.54 Å². The summed E-state index contributed by atoms with van der Waals surface area (Å²) in [5.41, 5.74) is 6.85. The Morgan fingerprint density at radius 1 is 1.56 bits per heavy atom. The van der Waals surface area contributed by atoms with Gasteiger partial charge in [-0.3, -0.25) is 9.36 Å². The summed E-state index contributed by atoms with van der Waals surface area (Å²) in [4.78, 5) is 23.0. The monoisotopic (exact) mass is 246 g/mol. The van der Waals surface area contributed by atoms with Crippen LogP contribution in [0.3, 0.4) is 0 Å². The van der Waals surface area contributed by atoms with Crippen LogP contribution >= 0.6 is 0 Å². The Balaban J connectivity index is 2.34. The Bertz CT molecular complexity index is 692. The minimum atomic E-state index is -0.636. The number of anilines is 1. The average Bonchev–Trinajstić information content (AvgIpc) is 2.62. The zero-order valence-electron chi connectivity index (χ0n) is 9.34. The predicted molar refractivity (Wildman–Crippen MR) is 63.5 cm³/mol. The number of nitrogen functional groups attached to an aromatic ring is 1. The second-order valence-corrected chi connectivity index (χ2v) is 3.62. The van der Waals surface area contributed by atoms with Crippen molar-refractivity contribution in [2.75, 3.05) is 12.3 Å². The highest BCUT2D eigenvalue weighted by molar-refractivity contribution is 5.81. The van der Waals surface area contributed by atoms with Crippen molar-refractivity contribution >= 4 is 22.7 Å². The number of nitriles is 1. The predicted octanol–water partition coefficient (Wildman–Crippen LogP) is -0.184. The lowest BCUT2D eigenvalue weighted by Gasteiger charge is -2.01. The summed E-state index contributed by atoms with van der Waals surface area (Å²) >= 11 is 0. The lowest BCUT2D eigenvalue weighted by Crippen LogP contribution is -2.30. The first-order chi connectivity index (χ1) is 8.61. The molecule has 0 aliphatic heterocycles. The third-order valence-electron chi connectivity index (χ3n) is 2.36. The average molecular weight is 246 g/mol. The minimum Gasteiger partial charge on any atom is -0.408 e. The molecule has 2 rings (SSSR count). The fraction of sp³-hybridized carbons (Fsp3) is 0.182. The molecule has 0 unspecified atom stereocenters. The maximum absolute atomic E-state index is 11.6. The number of fused-ring (bicyclic) bond motifs is 1. The molecule has 1 aromatic carbocycles. The van der Waals surface area contributed by atoms with Crippen molar-refractivity contribution in [2.24, 2.45) is 0 Å². The van der Waals surface area contributed by atoms with E-state index in [0.29, 0.717) is 16.8 Å². The standard InChI is InChI=1S/C11H10N4O3/c12-3-4-14-10(16)6-15-8-2-1-7(13)5-9(8)18-11(15)17/h1-2,5H,4,6,13H2,(H,14,16). The highest BCUT2D eigenvalue weighted by atomic mass is 16.4. The number of aromatic nitrogens is 1. The molecule has 0 aliphatic rings. The van der Waals surface area contributed by atoms with Crippen molar-refractivity contribution in [3.8, 4) is 6.07 Å². The SMILES string of the molecule is N#CCNC(=O)Cn1c(=O)oc2cc(N)ccc21. The third kappa shape index (κ3) is 2.17. The van der Waals surface area contributed by atoms with E-state index in [0.717, 1.165) is 0 Å². The number of carbonyl (C=O) groups excluding carboxylic acids is 1. The molecule has 0 saturated carbocycles. The highest BCUT2D eigenvalue weighted by Gasteiger charge is 2.12. The summed E-state index contributed by atoms with van der Waals surface area (Å²) in [6, 6.07) is 6.51. The Kier molecular flexibility index (Phi) is 3.02. The Hall–Kier alpha value is -2.75. The van der Waals surface area contributed by atoms with Gasteiger partial charge in [-0.2, -0.15) is 5.26 Å². The minimum absolute atomic E-state index is 0.101. The zero-order chi connectivity index (χ0) is 13.1. The van der Waals surface area contributed by atoms with E-state index < -0.39 is 11.7 Å². The van der Waals surface area contributed by atoms with Crippen LogP contribution in [0.2, 0.25) is 0 Å². The number of nitrogens with one attached hydrogen (secondary N) is 1. The van der Waals surface area contributed by atoms with E-state index in [9.17, 15) is 9.59 Å². The van der Waals surface area contributed by atoms with Gasteiger partial charge >= 0.3 is 5.76 Å². The summed E-state index contributed by atoms with van der Waals surface area (Å²) in [6.07, 6.45) is 0. The van der Waals surface area contributed by atoms with Gasteiger partial charge in [-0.25, -0.2) is 4.79 Å². The Labute approximate surface area is 101 Å². The summed E-state index contributed by atoms with van der Waals surface area (Å²) in [5, 5.41) is 10.7. The molecule has 1 aromatic heterocycles. The molecule has 0 fully saturated rings. The van der Waals surface area contributed by atoms with Gasteiger partial charge in [0.25, 0.3) is 0 Å². The van der Waals surface area contributed by atoms with Crippen LogP contribution in [-0.2, 0) is 11.3 Å². The summed E-state index contributed by atoms with van der Waals surface area (Å²) in [5.74, 6) is -1.07. The van der Waals surface area contributed by atoms with Crippen LogP contribution in [0.15, 0.2) is 27.4 Å². The Morgan fingerprint density at radius 2 is 2.33 bits per heavy atom. The van der Waals surface area contributed by atoms with E-state index in [2.05, 4.69) is 5.32 Å². The van der Waals surface area contributed by atoms with Gasteiger partial charge < -0.3 is 15.5 Å². The van der Waals surface area contributed by atoms with Crippen LogP contribution < -0.4 is 16.8 Å². The third-order valence-corrected chi connectivity index (χ3v) is 2.36. The zero-order valence-corrected chi connectivity index (χ0v) is 9.34. The first-order valence-electron chi connectivity index (χ1n) is 5.14. The number of hydrogen-bond donors (Lipinski definition) is 2. The van der Waals surface area contributed by atoms with E-state index in [-0.39, 0.29) is 13.1 Å². The molecule has 0 saturated heterocycles. The molecule has 7 nitrogen and oxygen atoms in total. The number of rotatable bonds is 3. The van der Waals surface area contributed by atoms with Crippen LogP contribution in [0.5, 0.6) is 0 Å². The molecule has 2 aromatic rings. The largest absolute Gasteiger partial charge is 0.420 e. The van der Waals surface area contributed by atoms with Gasteiger partial charge in [-0.1, -0.05) is 0 Å². The fourth-order valence-electron chi connectivity index (χ4n) is 1.57. The van der Waals surface area contributed by atoms with Crippen molar-refractivity contribution in [1.29, 1.82) is 5.26 Å². The van der Waals surface area contributed by atoms with Crippen LogP contribution in [-0.4, -0.2) is 17.0 Å². The molecule has 1 heterocycles. The molecule has 0 atom stereocenters. The van der Waals surface area contributed by atoms with Gasteiger partial charge in [0, 0.05) is 11.8 Å². The van der Waals surface area contributed by atoms with Gasteiger partial charge in [0.2, 0.25) is 5.91 Å². The molecular weight excluding hydrogens is 236 g/mol. The van der Waals surface area contributed by atoms with Crippen molar-refractivity contribution in [3.05, 3.63) is 28.7 Å². The molecule has 0 radical (unpaired) electrons. The summed E-state index contributed by atoms with van der Waals surface area (Å²) in [6.45, 7) is -0.298. The summed E-state index contributed by atoms with van der Waals surface area (Å²) < 4.78 is 6.15. The molecule has 0 spiro atoms. The number of oxazole rings is 1. The van der Waals surface area contributed by atoms with Gasteiger partial charge in [0.05, 0.1) is 11.6 Å². The summed E-state index contributed by atoms with van der Waals surface area (Å²) in [7, 11) is 0.